The second kappa shape index (κ2) is 10.3. The number of hydrogen-bond acceptors (Lipinski definition) is 5. The minimum atomic E-state index is -1.46. The number of hydrogen-bond donors (Lipinski definition) is 5. The van der Waals surface area contributed by atoms with Crippen LogP contribution in [0, 0.1) is 16.2 Å². The molecule has 0 fully saturated rings. The Morgan fingerprint density at radius 2 is 1.03 bits per heavy atom. The first-order chi connectivity index (χ1) is 14.8. The molecule has 0 aliphatic heterocycles. The lowest BCUT2D eigenvalue weighted by Crippen LogP contribution is -2.43. The minimum Gasteiger partial charge on any atom is -0.395 e. The van der Waals surface area contributed by atoms with Crippen LogP contribution in [0.2, 0.25) is 0 Å². The fraction of sp³-hybridized carbons (Fsp3) is 0.786. The van der Waals surface area contributed by atoms with Gasteiger partial charge in [-0.1, -0.05) is 81.4 Å². The number of rotatable bonds is 10. The second-order valence-corrected chi connectivity index (χ2v) is 13.8. The highest BCUT2D eigenvalue weighted by Gasteiger charge is 2.44. The standard InChI is InChI=1S/C28H51NO4/c1-24(2,3)14-26(7,8)20-11-19(13-29)12-21(27(9,10)15-25(4,5)6)22(20)23(33)28(16-30,17-31)18-32/h11-12,23,30-33H,13-18,29H2,1-10H3. The van der Waals surface area contributed by atoms with Crippen LogP contribution in [0.15, 0.2) is 12.1 Å². The van der Waals surface area contributed by atoms with Gasteiger partial charge < -0.3 is 26.2 Å². The first-order valence-corrected chi connectivity index (χ1v) is 12.2. The Kier molecular flexibility index (Phi) is 9.41. The molecule has 0 aliphatic rings. The molecule has 0 radical (unpaired) electrons. The van der Waals surface area contributed by atoms with Crippen LogP contribution in [0.25, 0.3) is 0 Å². The Morgan fingerprint density at radius 3 is 1.27 bits per heavy atom. The monoisotopic (exact) mass is 465 g/mol. The number of benzene rings is 1. The third-order valence-electron chi connectivity index (χ3n) is 6.68. The summed E-state index contributed by atoms with van der Waals surface area (Å²) in [6.07, 6.45) is 0.474. The molecule has 0 amide bonds. The molecule has 5 heteroatoms. The van der Waals surface area contributed by atoms with Crippen molar-refractivity contribution in [3.05, 3.63) is 34.4 Å². The van der Waals surface area contributed by atoms with E-state index in [1.807, 2.05) is 0 Å². The van der Waals surface area contributed by atoms with E-state index in [-0.39, 0.29) is 21.7 Å². The fourth-order valence-electron chi connectivity index (χ4n) is 5.80. The Balaban J connectivity index is 4.10. The summed E-state index contributed by atoms with van der Waals surface area (Å²) >= 11 is 0. The zero-order chi connectivity index (χ0) is 26.0. The summed E-state index contributed by atoms with van der Waals surface area (Å²) in [6, 6.07) is 4.13. The van der Waals surface area contributed by atoms with Crippen molar-refractivity contribution < 1.29 is 20.4 Å². The molecule has 0 aliphatic carbocycles. The lowest BCUT2D eigenvalue weighted by molar-refractivity contribution is -0.0865. The van der Waals surface area contributed by atoms with Gasteiger partial charge in [0.25, 0.3) is 0 Å². The van der Waals surface area contributed by atoms with E-state index in [0.29, 0.717) is 12.1 Å². The van der Waals surface area contributed by atoms with Crippen molar-refractivity contribution in [2.75, 3.05) is 19.8 Å². The van der Waals surface area contributed by atoms with Gasteiger partial charge in [0.2, 0.25) is 0 Å². The topological polar surface area (TPSA) is 107 Å². The molecule has 192 valence electrons. The molecular formula is C28H51NO4. The van der Waals surface area contributed by atoms with Gasteiger partial charge in [0, 0.05) is 6.54 Å². The Hall–Kier alpha value is -0.980. The molecular weight excluding hydrogens is 414 g/mol. The zero-order valence-electron chi connectivity index (χ0n) is 22.8. The van der Waals surface area contributed by atoms with E-state index in [1.54, 1.807) is 0 Å². The van der Waals surface area contributed by atoms with Gasteiger partial charge in [-0.25, -0.2) is 0 Å². The van der Waals surface area contributed by atoms with Crippen molar-refractivity contribution in [3.8, 4) is 0 Å². The summed E-state index contributed by atoms with van der Waals surface area (Å²) in [5, 5.41) is 42.3. The summed E-state index contributed by atoms with van der Waals surface area (Å²) in [5.74, 6) is 0. The predicted molar refractivity (Wildman–Crippen MR) is 137 cm³/mol. The molecule has 6 N–H and O–H groups in total. The van der Waals surface area contributed by atoms with E-state index in [1.165, 1.54) is 0 Å². The van der Waals surface area contributed by atoms with Gasteiger partial charge in [0.1, 0.15) is 0 Å². The Labute approximate surface area is 202 Å². The zero-order valence-corrected chi connectivity index (χ0v) is 22.8. The largest absolute Gasteiger partial charge is 0.395 e. The van der Waals surface area contributed by atoms with E-state index < -0.39 is 31.3 Å². The van der Waals surface area contributed by atoms with Gasteiger partial charge >= 0.3 is 0 Å². The Bertz CT molecular complexity index is 723. The molecule has 0 spiro atoms. The molecule has 1 unspecified atom stereocenters. The molecule has 5 nitrogen and oxygen atoms in total. The molecule has 0 heterocycles. The molecule has 33 heavy (non-hydrogen) atoms. The van der Waals surface area contributed by atoms with Crippen LogP contribution in [0.4, 0.5) is 0 Å². The average Bonchev–Trinajstić information content (AvgIpc) is 2.64. The van der Waals surface area contributed by atoms with Crippen LogP contribution in [0.5, 0.6) is 0 Å². The van der Waals surface area contributed by atoms with Crippen LogP contribution >= 0.6 is 0 Å². The molecule has 1 rings (SSSR count). The summed E-state index contributed by atoms with van der Waals surface area (Å²) in [5.41, 5.74) is 7.73. The molecule has 0 aromatic heterocycles. The van der Waals surface area contributed by atoms with Gasteiger partial charge in [-0.15, -0.1) is 0 Å². The van der Waals surface area contributed by atoms with E-state index >= 15 is 0 Å². The molecule has 1 aromatic carbocycles. The SMILES string of the molecule is CC(C)(C)CC(C)(C)c1cc(CN)cc(C(C)(C)CC(C)(C)C)c1C(O)C(CO)(CO)CO. The van der Waals surface area contributed by atoms with E-state index in [4.69, 9.17) is 5.73 Å². The minimum absolute atomic E-state index is 0.0353. The highest BCUT2D eigenvalue weighted by Crippen LogP contribution is 2.49. The summed E-state index contributed by atoms with van der Waals surface area (Å²) < 4.78 is 0. The van der Waals surface area contributed by atoms with Crippen LogP contribution in [-0.4, -0.2) is 40.2 Å². The van der Waals surface area contributed by atoms with Crippen LogP contribution in [0.1, 0.15) is 110 Å². The van der Waals surface area contributed by atoms with Crippen LogP contribution in [-0.2, 0) is 17.4 Å². The van der Waals surface area contributed by atoms with E-state index in [9.17, 15) is 20.4 Å². The maximum atomic E-state index is 11.8. The molecule has 0 bridgehead atoms. The lowest BCUT2D eigenvalue weighted by atomic mass is 9.63. The number of aliphatic hydroxyl groups is 4. The smallest absolute Gasteiger partial charge is 0.0918 e. The maximum absolute atomic E-state index is 11.8. The first-order valence-electron chi connectivity index (χ1n) is 12.2. The number of nitrogens with two attached hydrogens (primary N) is 1. The highest BCUT2D eigenvalue weighted by molar-refractivity contribution is 5.48. The maximum Gasteiger partial charge on any atom is 0.0918 e. The fourth-order valence-corrected chi connectivity index (χ4v) is 5.80. The van der Waals surface area contributed by atoms with Crippen molar-refractivity contribution in [2.24, 2.45) is 22.0 Å². The summed E-state index contributed by atoms with van der Waals surface area (Å²) in [7, 11) is 0. The van der Waals surface area contributed by atoms with Crippen LogP contribution < -0.4 is 5.73 Å². The van der Waals surface area contributed by atoms with Crippen molar-refractivity contribution >= 4 is 0 Å². The Morgan fingerprint density at radius 1 is 0.697 bits per heavy atom. The van der Waals surface area contributed by atoms with Crippen molar-refractivity contribution in [1.29, 1.82) is 0 Å². The normalized spacial score (nSPS) is 15.1. The number of aliphatic hydroxyl groups excluding tert-OH is 4. The highest BCUT2D eigenvalue weighted by atomic mass is 16.3. The summed E-state index contributed by atoms with van der Waals surface area (Å²) in [6.45, 7) is 20.6. The van der Waals surface area contributed by atoms with Crippen molar-refractivity contribution in [1.82, 2.24) is 0 Å². The molecule has 0 saturated carbocycles. The third-order valence-corrected chi connectivity index (χ3v) is 6.68. The van der Waals surface area contributed by atoms with E-state index in [0.717, 1.165) is 29.5 Å². The quantitative estimate of drug-likeness (QED) is 0.348. The van der Waals surface area contributed by atoms with Crippen molar-refractivity contribution in [2.45, 2.75) is 106 Å². The summed E-state index contributed by atoms with van der Waals surface area (Å²) in [4.78, 5) is 0. The van der Waals surface area contributed by atoms with Crippen LogP contribution in [0.3, 0.4) is 0 Å². The third kappa shape index (κ3) is 7.25. The molecule has 1 aromatic rings. The first kappa shape index (κ1) is 30.1. The van der Waals surface area contributed by atoms with Gasteiger partial charge in [-0.2, -0.15) is 0 Å². The van der Waals surface area contributed by atoms with Gasteiger partial charge in [-0.3, -0.25) is 0 Å². The van der Waals surface area contributed by atoms with Gasteiger partial charge in [0.15, 0.2) is 0 Å². The predicted octanol–water partition coefficient (Wildman–Crippen LogP) is 4.57. The second-order valence-electron chi connectivity index (χ2n) is 13.8. The molecule has 1 atom stereocenters. The van der Waals surface area contributed by atoms with E-state index in [2.05, 4.69) is 81.4 Å². The van der Waals surface area contributed by atoms with Crippen molar-refractivity contribution in [3.63, 3.8) is 0 Å². The lowest BCUT2D eigenvalue weighted by Gasteiger charge is -2.43. The molecule has 0 saturated heterocycles. The van der Waals surface area contributed by atoms with Gasteiger partial charge in [0.05, 0.1) is 31.3 Å². The van der Waals surface area contributed by atoms with Gasteiger partial charge in [-0.05, 0) is 56.8 Å². The average molecular weight is 466 g/mol.